The molecule has 0 spiro atoms. The molecule has 0 heterocycles. The van der Waals surface area contributed by atoms with E-state index in [-0.39, 0.29) is 0 Å². The van der Waals surface area contributed by atoms with Crippen LogP contribution in [0, 0.1) is 0 Å². The van der Waals surface area contributed by atoms with Crippen LogP contribution in [0.4, 0.5) is 0 Å². The monoisotopic (exact) mass is 730 g/mol. The molecule has 0 atom stereocenters. The molecule has 3 nitrogen and oxygen atoms in total. The van der Waals surface area contributed by atoms with Crippen LogP contribution in [-0.2, 0) is 0 Å². The fraction of sp³-hybridized carbons (Fsp3) is 0.346. The van der Waals surface area contributed by atoms with Gasteiger partial charge in [0.15, 0.2) is 11.5 Å². The van der Waals surface area contributed by atoms with Crippen LogP contribution < -0.4 is 14.2 Å². The van der Waals surface area contributed by atoms with Gasteiger partial charge < -0.3 is 14.2 Å². The van der Waals surface area contributed by atoms with E-state index in [0.717, 1.165) is 66.9 Å². The van der Waals surface area contributed by atoms with Crippen LogP contribution in [0.5, 0.6) is 17.2 Å². The third-order valence-corrected chi connectivity index (χ3v) is 11.0. The topological polar surface area (TPSA) is 27.7 Å². The van der Waals surface area contributed by atoms with Crippen LogP contribution in [0.3, 0.4) is 0 Å². The Morgan fingerprint density at radius 1 is 0.327 bits per heavy atom. The summed E-state index contributed by atoms with van der Waals surface area (Å²) in [6.45, 7) is 8.62. The van der Waals surface area contributed by atoms with Crippen molar-refractivity contribution in [3.05, 3.63) is 115 Å². The van der Waals surface area contributed by atoms with Crippen molar-refractivity contribution in [3.8, 4) is 39.5 Å². The van der Waals surface area contributed by atoms with Gasteiger partial charge in [-0.2, -0.15) is 0 Å². The van der Waals surface area contributed by atoms with Crippen molar-refractivity contribution in [1.29, 1.82) is 0 Å². The summed E-state index contributed by atoms with van der Waals surface area (Å²) in [5.41, 5.74) is 4.46. The molecule has 0 saturated carbocycles. The third-order valence-electron chi connectivity index (χ3n) is 11.0. The van der Waals surface area contributed by atoms with E-state index in [1.165, 1.54) is 92.7 Å². The molecule has 0 bridgehead atoms. The van der Waals surface area contributed by atoms with Gasteiger partial charge in [0, 0.05) is 22.3 Å². The van der Waals surface area contributed by atoms with Gasteiger partial charge in [-0.15, -0.1) is 0 Å². The lowest BCUT2D eigenvalue weighted by Gasteiger charge is -2.25. The summed E-state index contributed by atoms with van der Waals surface area (Å²) in [6, 6.07) is 42.2. The van der Waals surface area contributed by atoms with E-state index in [1.807, 2.05) is 0 Å². The van der Waals surface area contributed by atoms with Crippen LogP contribution in [-0.4, -0.2) is 19.8 Å². The summed E-state index contributed by atoms with van der Waals surface area (Å²) in [4.78, 5) is 0. The van der Waals surface area contributed by atoms with E-state index in [9.17, 15) is 0 Å². The zero-order valence-corrected chi connectivity index (χ0v) is 33.3. The van der Waals surface area contributed by atoms with Crippen molar-refractivity contribution in [2.24, 2.45) is 0 Å². The van der Waals surface area contributed by atoms with Crippen molar-refractivity contribution in [2.75, 3.05) is 19.8 Å². The summed E-state index contributed by atoms with van der Waals surface area (Å²) in [5.74, 6) is 2.33. The molecular weight excluding hydrogens is 673 g/mol. The highest BCUT2D eigenvalue weighted by Crippen LogP contribution is 2.55. The Kier molecular flexibility index (Phi) is 13.2. The van der Waals surface area contributed by atoms with Crippen molar-refractivity contribution >= 4 is 43.1 Å². The van der Waals surface area contributed by atoms with E-state index in [0.29, 0.717) is 19.8 Å². The van der Waals surface area contributed by atoms with Crippen LogP contribution in [0.2, 0.25) is 0 Å². The maximum Gasteiger partial charge on any atom is 0.204 e. The summed E-state index contributed by atoms with van der Waals surface area (Å²) in [5, 5.41) is 9.64. The van der Waals surface area contributed by atoms with E-state index in [4.69, 9.17) is 14.2 Å². The van der Waals surface area contributed by atoms with Gasteiger partial charge in [0.25, 0.3) is 0 Å². The lowest BCUT2D eigenvalue weighted by Crippen LogP contribution is -2.09. The Morgan fingerprint density at radius 3 is 0.964 bits per heavy atom. The lowest BCUT2D eigenvalue weighted by atomic mass is 9.86. The van der Waals surface area contributed by atoms with E-state index < -0.39 is 0 Å². The average molecular weight is 731 g/mol. The van der Waals surface area contributed by atoms with Crippen LogP contribution in [0.1, 0.15) is 97.8 Å². The van der Waals surface area contributed by atoms with Gasteiger partial charge in [-0.3, -0.25) is 0 Å². The first-order valence-electron chi connectivity index (χ1n) is 21.1. The maximum absolute atomic E-state index is 7.09. The molecular formula is C52H58O3. The molecule has 3 heteroatoms. The van der Waals surface area contributed by atoms with Crippen LogP contribution in [0.15, 0.2) is 115 Å². The minimum atomic E-state index is 0.605. The molecule has 7 rings (SSSR count). The highest BCUT2D eigenvalue weighted by molar-refractivity contribution is 6.17. The molecule has 0 aliphatic rings. The highest BCUT2D eigenvalue weighted by Gasteiger charge is 2.28. The second-order valence-electron chi connectivity index (χ2n) is 15.1. The number of hydrogen-bond donors (Lipinski definition) is 0. The Bertz CT molecular complexity index is 2070. The first-order valence-corrected chi connectivity index (χ1v) is 21.1. The molecule has 0 unspecified atom stereocenters. The predicted octanol–water partition coefficient (Wildman–Crippen LogP) is 15.5. The SMILES string of the molecule is CCCCCCOc1c(-c2c3ccccc3cc3ccccc23)cc(-c2c3ccccc3cc3ccccc23)c(OCCCCCC)c1OCCCCCC. The quantitative estimate of drug-likeness (QED) is 0.0577. The van der Waals surface area contributed by atoms with Crippen molar-refractivity contribution in [1.82, 2.24) is 0 Å². The van der Waals surface area contributed by atoms with Crippen molar-refractivity contribution in [3.63, 3.8) is 0 Å². The fourth-order valence-electron chi connectivity index (χ4n) is 8.13. The molecule has 0 N–H and O–H groups in total. The summed E-state index contributed by atoms with van der Waals surface area (Å²) < 4.78 is 21.3. The second kappa shape index (κ2) is 19.0. The van der Waals surface area contributed by atoms with Gasteiger partial charge in [0.2, 0.25) is 5.75 Å². The number of ether oxygens (including phenoxy) is 3. The normalized spacial score (nSPS) is 11.5. The fourth-order valence-corrected chi connectivity index (χ4v) is 8.13. The minimum Gasteiger partial charge on any atom is -0.489 e. The number of hydrogen-bond acceptors (Lipinski definition) is 3. The van der Waals surface area contributed by atoms with Crippen LogP contribution >= 0.6 is 0 Å². The molecule has 7 aromatic rings. The molecule has 0 aliphatic heterocycles. The molecule has 0 saturated heterocycles. The number of fused-ring (bicyclic) bond motifs is 4. The molecule has 0 amide bonds. The Labute approximate surface area is 328 Å². The standard InChI is InChI=1S/C52H58O3/c1-4-7-10-21-32-53-50-46(48-42-28-17-13-24-38(42)35-39-25-14-18-29-43(39)48)37-47(49-44-30-19-15-26-40(44)36-41-27-16-20-31-45(41)49)51(54-33-22-11-8-5-2)52(50)55-34-23-12-9-6-3/h13-20,24-31,35-37H,4-12,21-23,32-34H2,1-3H3. The first-order chi connectivity index (χ1) is 27.2. The summed E-state index contributed by atoms with van der Waals surface area (Å²) in [6.07, 6.45) is 13.5. The Hall–Kier alpha value is -5.02. The van der Waals surface area contributed by atoms with E-state index >= 15 is 0 Å². The average Bonchev–Trinajstić information content (AvgIpc) is 3.22. The predicted molar refractivity (Wildman–Crippen MR) is 236 cm³/mol. The van der Waals surface area contributed by atoms with Gasteiger partial charge in [-0.25, -0.2) is 0 Å². The molecule has 0 fully saturated rings. The zero-order chi connectivity index (χ0) is 37.8. The number of rotatable bonds is 20. The molecule has 284 valence electrons. The smallest absolute Gasteiger partial charge is 0.204 e. The van der Waals surface area contributed by atoms with Gasteiger partial charge in [-0.05, 0) is 80.6 Å². The lowest BCUT2D eigenvalue weighted by molar-refractivity contribution is 0.236. The van der Waals surface area contributed by atoms with Crippen molar-refractivity contribution < 1.29 is 14.2 Å². The number of benzene rings is 7. The minimum absolute atomic E-state index is 0.605. The maximum atomic E-state index is 7.09. The first kappa shape index (κ1) is 38.3. The molecule has 0 radical (unpaired) electrons. The Morgan fingerprint density at radius 2 is 0.636 bits per heavy atom. The van der Waals surface area contributed by atoms with Gasteiger partial charge in [0.05, 0.1) is 19.8 Å². The Balaban J connectivity index is 1.57. The third kappa shape index (κ3) is 8.62. The van der Waals surface area contributed by atoms with Gasteiger partial charge in [0.1, 0.15) is 0 Å². The summed E-state index contributed by atoms with van der Waals surface area (Å²) >= 11 is 0. The largest absolute Gasteiger partial charge is 0.489 e. The van der Waals surface area contributed by atoms with E-state index in [1.54, 1.807) is 0 Å². The van der Waals surface area contributed by atoms with E-state index in [2.05, 4.69) is 136 Å². The molecule has 7 aromatic carbocycles. The molecule has 0 aliphatic carbocycles. The highest BCUT2D eigenvalue weighted by atomic mass is 16.5. The van der Waals surface area contributed by atoms with Gasteiger partial charge in [-0.1, -0.05) is 176 Å². The second-order valence-corrected chi connectivity index (χ2v) is 15.1. The van der Waals surface area contributed by atoms with Crippen LogP contribution in [0.25, 0.3) is 65.3 Å². The molecule has 0 aromatic heterocycles. The van der Waals surface area contributed by atoms with Crippen molar-refractivity contribution in [2.45, 2.75) is 97.8 Å². The molecule has 55 heavy (non-hydrogen) atoms. The summed E-state index contributed by atoms with van der Waals surface area (Å²) in [7, 11) is 0. The number of unbranched alkanes of at least 4 members (excludes halogenated alkanes) is 9. The zero-order valence-electron chi connectivity index (χ0n) is 33.3. The van der Waals surface area contributed by atoms with Gasteiger partial charge >= 0.3 is 0 Å².